The molecular formula is C27H33N3O5. The highest BCUT2D eigenvalue weighted by molar-refractivity contribution is 6.04. The Balaban J connectivity index is 1.28. The maximum absolute atomic E-state index is 13.0. The lowest BCUT2D eigenvalue weighted by molar-refractivity contribution is -0.117. The molecule has 0 radical (unpaired) electrons. The van der Waals surface area contributed by atoms with E-state index in [1.165, 1.54) is 0 Å². The zero-order valence-corrected chi connectivity index (χ0v) is 20.3. The van der Waals surface area contributed by atoms with Crippen molar-refractivity contribution in [2.75, 3.05) is 44.7 Å². The lowest BCUT2D eigenvalue weighted by atomic mass is 9.88. The minimum Gasteiger partial charge on any atom is -0.486 e. The number of anilines is 1. The Labute approximate surface area is 206 Å². The van der Waals surface area contributed by atoms with Crippen LogP contribution in [0.2, 0.25) is 0 Å². The Bertz CT molecular complexity index is 1080. The standard InChI is InChI=1S/C27H33N3O5/c1-18(2)16-28-27(33)21-5-3-4-6-22(21)29-25(31)17-30-11-9-19(10-12-30)26(32)20-7-8-23-24(15-20)35-14-13-34-23/h3-8,15,18-19H,9-14,16-17H2,1-2H3,(H,28,33)(H,29,31). The number of amides is 2. The summed E-state index contributed by atoms with van der Waals surface area (Å²) in [5, 5.41) is 5.77. The van der Waals surface area contributed by atoms with Gasteiger partial charge in [0, 0.05) is 18.0 Å². The van der Waals surface area contributed by atoms with E-state index in [1.807, 2.05) is 18.7 Å². The van der Waals surface area contributed by atoms with E-state index in [9.17, 15) is 14.4 Å². The summed E-state index contributed by atoms with van der Waals surface area (Å²) in [7, 11) is 0. The first kappa shape index (κ1) is 24.7. The van der Waals surface area contributed by atoms with Crippen molar-refractivity contribution in [1.29, 1.82) is 0 Å². The van der Waals surface area contributed by atoms with Gasteiger partial charge in [-0.1, -0.05) is 26.0 Å². The van der Waals surface area contributed by atoms with Gasteiger partial charge < -0.3 is 20.1 Å². The average molecular weight is 480 g/mol. The van der Waals surface area contributed by atoms with Gasteiger partial charge in [-0.3, -0.25) is 19.3 Å². The number of piperidine rings is 1. The number of benzene rings is 2. The van der Waals surface area contributed by atoms with Crippen LogP contribution < -0.4 is 20.1 Å². The number of rotatable bonds is 8. The SMILES string of the molecule is CC(C)CNC(=O)c1ccccc1NC(=O)CN1CCC(C(=O)c2ccc3c(c2)OCCO3)CC1. The van der Waals surface area contributed by atoms with Crippen molar-refractivity contribution in [3.63, 3.8) is 0 Å². The van der Waals surface area contributed by atoms with E-state index in [1.54, 1.807) is 42.5 Å². The largest absolute Gasteiger partial charge is 0.486 e. The Hall–Kier alpha value is -3.39. The van der Waals surface area contributed by atoms with Crippen LogP contribution in [0.5, 0.6) is 11.5 Å². The van der Waals surface area contributed by atoms with Gasteiger partial charge in [0.05, 0.1) is 17.8 Å². The highest BCUT2D eigenvalue weighted by atomic mass is 16.6. The van der Waals surface area contributed by atoms with Crippen LogP contribution in [0.25, 0.3) is 0 Å². The number of fused-ring (bicyclic) bond motifs is 1. The second-order valence-corrected chi connectivity index (χ2v) is 9.47. The van der Waals surface area contributed by atoms with Crippen LogP contribution in [0, 0.1) is 11.8 Å². The molecule has 0 spiro atoms. The number of carbonyl (C=O) groups is 3. The summed E-state index contributed by atoms with van der Waals surface area (Å²) < 4.78 is 11.1. The minimum absolute atomic E-state index is 0.0813. The topological polar surface area (TPSA) is 97.0 Å². The molecule has 4 rings (SSSR count). The van der Waals surface area contributed by atoms with Gasteiger partial charge in [0.1, 0.15) is 13.2 Å². The van der Waals surface area contributed by atoms with Crippen molar-refractivity contribution in [3.8, 4) is 11.5 Å². The van der Waals surface area contributed by atoms with Crippen LogP contribution >= 0.6 is 0 Å². The van der Waals surface area contributed by atoms with E-state index in [2.05, 4.69) is 10.6 Å². The van der Waals surface area contributed by atoms with Gasteiger partial charge in [-0.2, -0.15) is 0 Å². The van der Waals surface area contributed by atoms with Crippen molar-refractivity contribution in [2.24, 2.45) is 11.8 Å². The molecule has 2 aromatic rings. The number of hydrogen-bond donors (Lipinski definition) is 2. The fourth-order valence-corrected chi connectivity index (χ4v) is 4.36. The third kappa shape index (κ3) is 6.39. The molecule has 8 nitrogen and oxygen atoms in total. The van der Waals surface area contributed by atoms with Crippen molar-refractivity contribution in [2.45, 2.75) is 26.7 Å². The second-order valence-electron chi connectivity index (χ2n) is 9.47. The number of likely N-dealkylation sites (tertiary alicyclic amines) is 1. The molecule has 35 heavy (non-hydrogen) atoms. The number of carbonyl (C=O) groups excluding carboxylic acids is 3. The molecular weight excluding hydrogens is 446 g/mol. The Morgan fingerprint density at radius 1 is 1.00 bits per heavy atom. The molecule has 0 bridgehead atoms. The number of hydrogen-bond acceptors (Lipinski definition) is 6. The number of Topliss-reactive ketones (excluding diaryl/α,β-unsaturated/α-hetero) is 1. The lowest BCUT2D eigenvalue weighted by Gasteiger charge is -2.31. The quantitative estimate of drug-likeness (QED) is 0.564. The van der Waals surface area contributed by atoms with Crippen molar-refractivity contribution < 1.29 is 23.9 Å². The molecule has 2 aliphatic rings. The number of ketones is 1. The normalized spacial score (nSPS) is 16.1. The average Bonchev–Trinajstić information content (AvgIpc) is 2.87. The summed E-state index contributed by atoms with van der Waals surface area (Å²) in [6.45, 7) is 7.16. The molecule has 1 fully saturated rings. The Morgan fingerprint density at radius 2 is 1.71 bits per heavy atom. The number of ether oxygens (including phenoxy) is 2. The first-order valence-electron chi connectivity index (χ1n) is 12.2. The molecule has 0 unspecified atom stereocenters. The first-order chi connectivity index (χ1) is 16.9. The molecule has 0 atom stereocenters. The van der Waals surface area contributed by atoms with Gasteiger partial charge >= 0.3 is 0 Å². The molecule has 8 heteroatoms. The predicted molar refractivity (Wildman–Crippen MR) is 133 cm³/mol. The maximum Gasteiger partial charge on any atom is 0.253 e. The molecule has 2 heterocycles. The smallest absolute Gasteiger partial charge is 0.253 e. The fraction of sp³-hybridized carbons (Fsp3) is 0.444. The summed E-state index contributed by atoms with van der Waals surface area (Å²) in [5.74, 6) is 1.28. The van der Waals surface area contributed by atoms with Gasteiger partial charge in [-0.05, 0) is 62.2 Å². The van der Waals surface area contributed by atoms with Crippen LogP contribution in [0.15, 0.2) is 42.5 Å². The van der Waals surface area contributed by atoms with E-state index >= 15 is 0 Å². The van der Waals surface area contributed by atoms with Gasteiger partial charge in [0.2, 0.25) is 5.91 Å². The molecule has 2 aromatic carbocycles. The summed E-state index contributed by atoms with van der Waals surface area (Å²) >= 11 is 0. The monoisotopic (exact) mass is 479 g/mol. The third-order valence-electron chi connectivity index (χ3n) is 6.27. The van der Waals surface area contributed by atoms with E-state index in [0.29, 0.717) is 79.9 Å². The van der Waals surface area contributed by atoms with E-state index in [0.717, 1.165) is 0 Å². The van der Waals surface area contributed by atoms with E-state index < -0.39 is 0 Å². The second kappa shape index (κ2) is 11.4. The Kier molecular flexibility index (Phi) is 8.02. The van der Waals surface area contributed by atoms with Crippen molar-refractivity contribution in [1.82, 2.24) is 10.2 Å². The fourth-order valence-electron chi connectivity index (χ4n) is 4.36. The summed E-state index contributed by atoms with van der Waals surface area (Å²) in [6, 6.07) is 12.4. The molecule has 186 valence electrons. The van der Waals surface area contributed by atoms with E-state index in [4.69, 9.17) is 9.47 Å². The van der Waals surface area contributed by atoms with Crippen molar-refractivity contribution in [3.05, 3.63) is 53.6 Å². The lowest BCUT2D eigenvalue weighted by Crippen LogP contribution is -2.41. The summed E-state index contributed by atoms with van der Waals surface area (Å²) in [5.41, 5.74) is 1.59. The van der Waals surface area contributed by atoms with Gasteiger partial charge in [-0.25, -0.2) is 0 Å². The van der Waals surface area contributed by atoms with Crippen molar-refractivity contribution >= 4 is 23.3 Å². The van der Waals surface area contributed by atoms with Gasteiger partial charge in [0.15, 0.2) is 17.3 Å². The van der Waals surface area contributed by atoms with Gasteiger partial charge in [0.25, 0.3) is 5.91 Å². The van der Waals surface area contributed by atoms with Crippen LogP contribution in [-0.2, 0) is 4.79 Å². The number of para-hydroxylation sites is 1. The molecule has 0 aliphatic carbocycles. The van der Waals surface area contributed by atoms with Crippen LogP contribution in [-0.4, -0.2) is 61.9 Å². The predicted octanol–water partition coefficient (Wildman–Crippen LogP) is 3.38. The Morgan fingerprint density at radius 3 is 2.46 bits per heavy atom. The highest BCUT2D eigenvalue weighted by Gasteiger charge is 2.28. The molecule has 1 saturated heterocycles. The third-order valence-corrected chi connectivity index (χ3v) is 6.27. The minimum atomic E-state index is -0.201. The zero-order chi connectivity index (χ0) is 24.8. The van der Waals surface area contributed by atoms with E-state index in [-0.39, 0.29) is 30.1 Å². The molecule has 0 aromatic heterocycles. The van der Waals surface area contributed by atoms with Gasteiger partial charge in [-0.15, -0.1) is 0 Å². The first-order valence-corrected chi connectivity index (χ1v) is 12.2. The summed E-state index contributed by atoms with van der Waals surface area (Å²) in [6.07, 6.45) is 1.38. The molecule has 2 amide bonds. The molecule has 2 N–H and O–H groups in total. The zero-order valence-electron chi connectivity index (χ0n) is 20.3. The highest BCUT2D eigenvalue weighted by Crippen LogP contribution is 2.32. The molecule has 2 aliphatic heterocycles. The van der Waals surface area contributed by atoms with Crippen LogP contribution in [0.3, 0.4) is 0 Å². The number of nitrogens with one attached hydrogen (secondary N) is 2. The van der Waals surface area contributed by atoms with Crippen LogP contribution in [0.4, 0.5) is 5.69 Å². The van der Waals surface area contributed by atoms with Crippen LogP contribution in [0.1, 0.15) is 47.4 Å². The number of nitrogens with zero attached hydrogens (tertiary/aromatic N) is 1. The summed E-state index contributed by atoms with van der Waals surface area (Å²) in [4.78, 5) is 40.3. The maximum atomic E-state index is 13.0. The molecule has 0 saturated carbocycles.